The molecule has 90 valence electrons. The molecule has 0 saturated heterocycles. The van der Waals surface area contributed by atoms with Gasteiger partial charge in [0, 0.05) is 17.0 Å². The lowest BCUT2D eigenvalue weighted by atomic mass is 10.2. The fourth-order valence-corrected chi connectivity index (χ4v) is 2.08. The number of nitrogens with two attached hydrogens (primary N) is 2. The highest BCUT2D eigenvalue weighted by Gasteiger charge is 2.14. The summed E-state index contributed by atoms with van der Waals surface area (Å²) >= 11 is 1.64. The number of anilines is 3. The van der Waals surface area contributed by atoms with Gasteiger partial charge in [0.2, 0.25) is 0 Å². The van der Waals surface area contributed by atoms with Gasteiger partial charge < -0.3 is 21.9 Å². The van der Waals surface area contributed by atoms with Crippen LogP contribution in [0.5, 0.6) is 0 Å². The molecule has 4 nitrogen and oxygen atoms in total. The van der Waals surface area contributed by atoms with Crippen molar-refractivity contribution in [3.63, 3.8) is 0 Å². The van der Waals surface area contributed by atoms with Gasteiger partial charge in [0.05, 0.1) is 18.0 Å². The van der Waals surface area contributed by atoms with Crippen molar-refractivity contribution in [1.82, 2.24) is 0 Å². The quantitative estimate of drug-likeness (QED) is 0.585. The van der Waals surface area contributed by atoms with Crippen molar-refractivity contribution in [3.8, 4) is 0 Å². The molecule has 0 amide bonds. The van der Waals surface area contributed by atoms with Crippen molar-refractivity contribution in [2.45, 2.75) is 18.2 Å². The van der Waals surface area contributed by atoms with Crippen LogP contribution in [-0.4, -0.2) is 29.3 Å². The molecule has 0 aromatic heterocycles. The Hall–Kier alpha value is -1.07. The Morgan fingerprint density at radius 2 is 2.06 bits per heavy atom. The van der Waals surface area contributed by atoms with Crippen LogP contribution in [0.2, 0.25) is 0 Å². The number of nitrogens with one attached hydrogen (secondary N) is 1. The van der Waals surface area contributed by atoms with Gasteiger partial charge in [-0.15, -0.1) is 0 Å². The van der Waals surface area contributed by atoms with Gasteiger partial charge in [0.1, 0.15) is 0 Å². The average Bonchev–Trinajstić information content (AvgIpc) is 2.25. The average molecular weight is 241 g/mol. The monoisotopic (exact) mass is 241 g/mol. The molecule has 0 saturated carbocycles. The second-order valence-corrected chi connectivity index (χ2v) is 4.81. The highest BCUT2D eigenvalue weighted by atomic mass is 32.2. The molecule has 5 heteroatoms. The van der Waals surface area contributed by atoms with Crippen LogP contribution in [-0.2, 0) is 0 Å². The van der Waals surface area contributed by atoms with Gasteiger partial charge in [-0.3, -0.25) is 0 Å². The first-order valence-electron chi connectivity index (χ1n) is 5.13. The molecule has 1 aromatic rings. The number of aliphatic hydroxyl groups is 1. The normalized spacial score (nSPS) is 14.4. The minimum Gasteiger partial charge on any atom is -0.397 e. The summed E-state index contributed by atoms with van der Waals surface area (Å²) < 4.78 is 0. The summed E-state index contributed by atoms with van der Waals surface area (Å²) in [6, 6.07) is 5.64. The van der Waals surface area contributed by atoms with Crippen LogP contribution in [0.15, 0.2) is 18.2 Å². The molecule has 0 aliphatic heterocycles. The van der Waals surface area contributed by atoms with Crippen molar-refractivity contribution in [2.75, 3.05) is 29.6 Å². The molecule has 0 bridgehead atoms. The Balaban J connectivity index is 2.69. The lowest BCUT2D eigenvalue weighted by Gasteiger charge is -2.22. The van der Waals surface area contributed by atoms with Gasteiger partial charge in [0.25, 0.3) is 0 Å². The standard InChI is InChI=1S/C11H19N3OS/c1-7(11(6-15)16-2)14-8-3-4-9(12)10(13)5-8/h3-5,7,11,14-15H,6,12-13H2,1-2H3. The third-order valence-corrected chi connectivity index (χ3v) is 3.68. The molecular formula is C11H19N3OS. The van der Waals surface area contributed by atoms with Crippen molar-refractivity contribution >= 4 is 28.8 Å². The van der Waals surface area contributed by atoms with E-state index in [1.807, 2.05) is 19.2 Å². The number of thioether (sulfide) groups is 1. The second kappa shape index (κ2) is 5.86. The van der Waals surface area contributed by atoms with Gasteiger partial charge in [-0.25, -0.2) is 0 Å². The summed E-state index contributed by atoms with van der Waals surface area (Å²) in [7, 11) is 0. The third kappa shape index (κ3) is 3.21. The minimum absolute atomic E-state index is 0.153. The summed E-state index contributed by atoms with van der Waals surface area (Å²) in [5, 5.41) is 12.6. The lowest BCUT2D eigenvalue weighted by molar-refractivity contribution is 0.288. The molecule has 1 rings (SSSR count). The maximum absolute atomic E-state index is 9.17. The molecule has 0 aliphatic carbocycles. The first-order valence-corrected chi connectivity index (χ1v) is 6.42. The number of aliphatic hydroxyl groups excluding tert-OH is 1. The molecule has 0 fully saturated rings. The largest absolute Gasteiger partial charge is 0.397 e. The number of rotatable bonds is 5. The van der Waals surface area contributed by atoms with Crippen LogP contribution in [0.4, 0.5) is 17.1 Å². The summed E-state index contributed by atoms with van der Waals surface area (Å²) in [6.45, 7) is 2.18. The fraction of sp³-hybridized carbons (Fsp3) is 0.455. The minimum atomic E-state index is 0.153. The third-order valence-electron chi connectivity index (χ3n) is 2.52. The molecule has 16 heavy (non-hydrogen) atoms. The Morgan fingerprint density at radius 3 is 2.56 bits per heavy atom. The molecule has 6 N–H and O–H groups in total. The van der Waals surface area contributed by atoms with E-state index in [-0.39, 0.29) is 17.9 Å². The summed E-state index contributed by atoms with van der Waals surface area (Å²) in [6.07, 6.45) is 1.98. The molecule has 2 unspecified atom stereocenters. The van der Waals surface area contributed by atoms with Crippen molar-refractivity contribution in [1.29, 1.82) is 0 Å². The highest BCUT2D eigenvalue weighted by Crippen LogP contribution is 2.22. The smallest absolute Gasteiger partial charge is 0.0569 e. The Labute approximate surface area is 100 Å². The van der Waals surface area contributed by atoms with Crippen LogP contribution >= 0.6 is 11.8 Å². The predicted octanol–water partition coefficient (Wildman–Crippen LogP) is 1.38. The Kier molecular flexibility index (Phi) is 4.76. The lowest BCUT2D eigenvalue weighted by Crippen LogP contribution is -2.30. The fourth-order valence-electron chi connectivity index (χ4n) is 1.46. The van der Waals surface area contributed by atoms with Gasteiger partial charge in [-0.2, -0.15) is 11.8 Å². The van der Waals surface area contributed by atoms with Gasteiger partial charge in [-0.1, -0.05) is 0 Å². The van der Waals surface area contributed by atoms with E-state index in [1.54, 1.807) is 23.9 Å². The van der Waals surface area contributed by atoms with Crippen LogP contribution < -0.4 is 16.8 Å². The van der Waals surface area contributed by atoms with E-state index in [1.165, 1.54) is 0 Å². The first kappa shape index (κ1) is 13.0. The zero-order valence-corrected chi connectivity index (χ0v) is 10.4. The van der Waals surface area contributed by atoms with Gasteiger partial charge >= 0.3 is 0 Å². The molecule has 0 spiro atoms. The van der Waals surface area contributed by atoms with Crippen molar-refractivity contribution in [3.05, 3.63) is 18.2 Å². The molecule has 0 radical (unpaired) electrons. The number of nitrogen functional groups attached to an aromatic ring is 2. The van der Waals surface area contributed by atoms with Crippen LogP contribution in [0.1, 0.15) is 6.92 Å². The predicted molar refractivity (Wildman–Crippen MR) is 72.7 cm³/mol. The van der Waals surface area contributed by atoms with E-state index >= 15 is 0 Å². The van der Waals surface area contributed by atoms with E-state index in [4.69, 9.17) is 16.6 Å². The molecule has 0 heterocycles. The number of hydrogen-bond donors (Lipinski definition) is 4. The topological polar surface area (TPSA) is 84.3 Å². The molecule has 0 aliphatic rings. The number of benzene rings is 1. The first-order chi connectivity index (χ1) is 7.58. The van der Waals surface area contributed by atoms with Crippen LogP contribution in [0, 0.1) is 0 Å². The SMILES string of the molecule is CSC(CO)C(C)Nc1ccc(N)c(N)c1. The maximum Gasteiger partial charge on any atom is 0.0569 e. The zero-order valence-electron chi connectivity index (χ0n) is 9.60. The van der Waals surface area contributed by atoms with Crippen LogP contribution in [0.3, 0.4) is 0 Å². The van der Waals surface area contributed by atoms with Crippen molar-refractivity contribution < 1.29 is 5.11 Å². The maximum atomic E-state index is 9.17. The Morgan fingerprint density at radius 1 is 1.38 bits per heavy atom. The Bertz CT molecular complexity index is 342. The van der Waals surface area contributed by atoms with Gasteiger partial charge in [-0.05, 0) is 31.4 Å². The van der Waals surface area contributed by atoms with E-state index in [2.05, 4.69) is 5.32 Å². The summed E-state index contributed by atoms with van der Waals surface area (Å²) in [4.78, 5) is 0. The zero-order chi connectivity index (χ0) is 12.1. The second-order valence-electron chi connectivity index (χ2n) is 3.73. The molecular weight excluding hydrogens is 222 g/mol. The summed E-state index contributed by atoms with van der Waals surface area (Å²) in [5.74, 6) is 0. The van der Waals surface area contributed by atoms with E-state index in [9.17, 15) is 0 Å². The molecule has 1 aromatic carbocycles. The van der Waals surface area contributed by atoms with Gasteiger partial charge in [0.15, 0.2) is 0 Å². The summed E-state index contributed by atoms with van der Waals surface area (Å²) in [5.41, 5.74) is 13.4. The van der Waals surface area contributed by atoms with E-state index in [0.717, 1.165) is 5.69 Å². The highest BCUT2D eigenvalue weighted by molar-refractivity contribution is 7.99. The van der Waals surface area contributed by atoms with Crippen LogP contribution in [0.25, 0.3) is 0 Å². The molecule has 2 atom stereocenters. The van der Waals surface area contributed by atoms with E-state index in [0.29, 0.717) is 11.4 Å². The van der Waals surface area contributed by atoms with E-state index < -0.39 is 0 Å². The number of hydrogen-bond acceptors (Lipinski definition) is 5. The van der Waals surface area contributed by atoms with Crippen molar-refractivity contribution in [2.24, 2.45) is 0 Å².